The van der Waals surface area contributed by atoms with Gasteiger partial charge in [0.15, 0.2) is 0 Å². The van der Waals surface area contributed by atoms with Gasteiger partial charge in [-0.2, -0.15) is 0 Å². The molecule has 1 aromatic rings. The maximum atomic E-state index is 13.0. The first kappa shape index (κ1) is 16.6. The Morgan fingerprint density at radius 3 is 2.56 bits per heavy atom. The number of likely N-dealkylation sites (tertiary alicyclic amines) is 1. The molecule has 8 nitrogen and oxygen atoms in total. The van der Waals surface area contributed by atoms with Gasteiger partial charge in [0.2, 0.25) is 11.8 Å². The van der Waals surface area contributed by atoms with Gasteiger partial charge in [0.05, 0.1) is 11.1 Å². The summed E-state index contributed by atoms with van der Waals surface area (Å²) >= 11 is 0. The predicted molar refractivity (Wildman–Crippen MR) is 93.7 cm³/mol. The third-order valence-corrected chi connectivity index (χ3v) is 6.10. The summed E-state index contributed by atoms with van der Waals surface area (Å²) in [5, 5.41) is 5.68. The van der Waals surface area contributed by atoms with Crippen LogP contribution in [0.25, 0.3) is 0 Å². The second-order valence-electron chi connectivity index (χ2n) is 7.89. The van der Waals surface area contributed by atoms with Crippen LogP contribution in [-0.4, -0.2) is 64.6 Å². The van der Waals surface area contributed by atoms with E-state index in [2.05, 4.69) is 15.5 Å². The van der Waals surface area contributed by atoms with Crippen LogP contribution in [0.3, 0.4) is 0 Å². The molecule has 1 unspecified atom stereocenters. The molecule has 3 saturated heterocycles. The highest BCUT2D eigenvalue weighted by molar-refractivity contribution is 6.24. The zero-order valence-electron chi connectivity index (χ0n) is 14.8. The first-order chi connectivity index (χ1) is 13.0. The number of amides is 4. The lowest BCUT2D eigenvalue weighted by Crippen LogP contribution is -2.75. The highest BCUT2D eigenvalue weighted by atomic mass is 16.2. The van der Waals surface area contributed by atoms with Crippen molar-refractivity contribution in [1.82, 2.24) is 20.4 Å². The lowest BCUT2D eigenvalue weighted by Gasteiger charge is -2.56. The first-order valence-corrected chi connectivity index (χ1v) is 9.28. The van der Waals surface area contributed by atoms with E-state index in [1.54, 1.807) is 12.1 Å². The summed E-state index contributed by atoms with van der Waals surface area (Å²) in [6.07, 6.45) is 1.47. The van der Waals surface area contributed by atoms with Crippen molar-refractivity contribution in [1.29, 1.82) is 0 Å². The van der Waals surface area contributed by atoms with E-state index in [-0.39, 0.29) is 24.3 Å². The average molecular weight is 368 g/mol. The smallest absolute Gasteiger partial charge is 0.262 e. The minimum Gasteiger partial charge on any atom is -0.309 e. The van der Waals surface area contributed by atoms with Gasteiger partial charge in [-0.05, 0) is 31.0 Å². The Morgan fingerprint density at radius 2 is 1.89 bits per heavy atom. The summed E-state index contributed by atoms with van der Waals surface area (Å²) in [6, 6.07) is 4.37. The van der Waals surface area contributed by atoms with Crippen LogP contribution in [0.2, 0.25) is 0 Å². The van der Waals surface area contributed by atoms with E-state index in [0.29, 0.717) is 17.7 Å². The van der Waals surface area contributed by atoms with Crippen LogP contribution in [0.5, 0.6) is 0 Å². The molecule has 27 heavy (non-hydrogen) atoms. The number of hydrogen-bond donors (Lipinski definition) is 2. The molecule has 0 radical (unpaired) electrons. The molecule has 4 amide bonds. The van der Waals surface area contributed by atoms with Crippen LogP contribution in [0.1, 0.15) is 45.5 Å². The van der Waals surface area contributed by atoms with E-state index >= 15 is 0 Å². The van der Waals surface area contributed by atoms with Crippen molar-refractivity contribution in [3.63, 3.8) is 0 Å². The van der Waals surface area contributed by atoms with Crippen LogP contribution in [0, 0.1) is 0 Å². The van der Waals surface area contributed by atoms with Crippen LogP contribution < -0.4 is 10.6 Å². The summed E-state index contributed by atoms with van der Waals surface area (Å²) in [5.41, 5.74) is 1.81. The monoisotopic (exact) mass is 368 g/mol. The van der Waals surface area contributed by atoms with Crippen molar-refractivity contribution in [3.8, 4) is 0 Å². The van der Waals surface area contributed by atoms with Gasteiger partial charge in [0.25, 0.3) is 11.8 Å². The molecule has 4 aliphatic heterocycles. The normalized spacial score (nSPS) is 26.7. The summed E-state index contributed by atoms with van der Waals surface area (Å²) in [5.74, 6) is -1.84. The zero-order valence-corrected chi connectivity index (χ0v) is 14.8. The van der Waals surface area contributed by atoms with Gasteiger partial charge >= 0.3 is 0 Å². The number of nitrogens with zero attached hydrogens (tertiary/aromatic N) is 2. The lowest BCUT2D eigenvalue weighted by molar-refractivity contribution is -0.136. The summed E-state index contributed by atoms with van der Waals surface area (Å²) in [7, 11) is 0. The molecule has 0 aliphatic carbocycles. The van der Waals surface area contributed by atoms with E-state index in [9.17, 15) is 19.2 Å². The molecular formula is C19H20N4O4. The molecule has 1 aromatic carbocycles. The molecule has 4 heterocycles. The Balaban J connectivity index is 1.39. The highest BCUT2D eigenvalue weighted by Gasteiger charge is 2.48. The van der Waals surface area contributed by atoms with Crippen molar-refractivity contribution >= 4 is 23.6 Å². The minimum atomic E-state index is -0.922. The fourth-order valence-electron chi connectivity index (χ4n) is 4.63. The van der Waals surface area contributed by atoms with Crippen molar-refractivity contribution in [3.05, 3.63) is 34.9 Å². The number of nitrogens with one attached hydrogen (secondary N) is 2. The molecule has 3 fully saturated rings. The van der Waals surface area contributed by atoms with E-state index in [0.717, 1.165) is 30.1 Å². The Hall–Kier alpha value is -2.58. The topological polar surface area (TPSA) is 98.8 Å². The zero-order chi connectivity index (χ0) is 18.8. The number of carbonyl (C=O) groups is 4. The van der Waals surface area contributed by atoms with Gasteiger partial charge in [0.1, 0.15) is 6.04 Å². The summed E-state index contributed by atoms with van der Waals surface area (Å²) in [6.45, 7) is 3.54. The molecule has 1 atom stereocenters. The molecule has 0 saturated carbocycles. The number of carbonyl (C=O) groups excluding carboxylic acids is 4. The Labute approximate surface area is 155 Å². The fraction of sp³-hybridized carbons (Fsp3) is 0.474. The maximum absolute atomic E-state index is 13.0. The molecule has 2 N–H and O–H groups in total. The van der Waals surface area contributed by atoms with Gasteiger partial charge in [-0.15, -0.1) is 0 Å². The maximum Gasteiger partial charge on any atom is 0.262 e. The largest absolute Gasteiger partial charge is 0.309 e. The van der Waals surface area contributed by atoms with Gasteiger partial charge in [-0.25, -0.2) is 0 Å². The number of imide groups is 2. The second-order valence-corrected chi connectivity index (χ2v) is 7.89. The van der Waals surface area contributed by atoms with Gasteiger partial charge in [0, 0.05) is 31.6 Å². The standard InChI is InChI=1S/C19H20N4O4/c24-14-5-4-13(16(25)21-14)23-17(26)12-3-1-2-11(15(12)18(23)27)8-22-9-19(10-22)6-7-20-19/h1-3,13,20H,4-10H2,(H,21,24,25). The third-order valence-electron chi connectivity index (χ3n) is 6.10. The Morgan fingerprint density at radius 1 is 1.11 bits per heavy atom. The molecule has 5 rings (SSSR count). The number of fused-ring (bicyclic) bond motifs is 1. The van der Waals surface area contributed by atoms with Crippen molar-refractivity contribution in [2.45, 2.75) is 37.4 Å². The summed E-state index contributed by atoms with van der Waals surface area (Å²) < 4.78 is 0. The molecule has 4 aliphatic rings. The van der Waals surface area contributed by atoms with Gasteiger partial charge in [-0.1, -0.05) is 12.1 Å². The third kappa shape index (κ3) is 2.44. The molecule has 140 valence electrons. The highest BCUT2D eigenvalue weighted by Crippen LogP contribution is 2.34. The predicted octanol–water partition coefficient (Wildman–Crippen LogP) is -0.364. The van der Waals surface area contributed by atoms with Crippen LogP contribution in [0.4, 0.5) is 0 Å². The molecular weight excluding hydrogens is 348 g/mol. The first-order valence-electron chi connectivity index (χ1n) is 9.28. The van der Waals surface area contributed by atoms with E-state index in [1.807, 2.05) is 6.07 Å². The minimum absolute atomic E-state index is 0.125. The average Bonchev–Trinajstić information content (AvgIpc) is 2.81. The van der Waals surface area contributed by atoms with Gasteiger partial charge < -0.3 is 5.32 Å². The number of hydrogen-bond acceptors (Lipinski definition) is 6. The Bertz CT molecular complexity index is 884. The molecule has 0 bridgehead atoms. The van der Waals surface area contributed by atoms with E-state index in [1.165, 1.54) is 6.42 Å². The van der Waals surface area contributed by atoms with Crippen LogP contribution in [0.15, 0.2) is 18.2 Å². The molecule has 1 spiro atoms. The SMILES string of the molecule is O=C1CCC(N2C(=O)c3cccc(CN4CC5(CCN5)C4)c3C2=O)C(=O)N1. The van der Waals surface area contributed by atoms with Crippen molar-refractivity contribution < 1.29 is 19.2 Å². The van der Waals surface area contributed by atoms with Crippen molar-refractivity contribution in [2.24, 2.45) is 0 Å². The quantitative estimate of drug-likeness (QED) is 0.707. The van der Waals surface area contributed by atoms with Crippen LogP contribution in [-0.2, 0) is 16.1 Å². The van der Waals surface area contributed by atoms with E-state index < -0.39 is 23.8 Å². The molecule has 0 aromatic heterocycles. The number of rotatable bonds is 3. The van der Waals surface area contributed by atoms with E-state index in [4.69, 9.17) is 0 Å². The molecule has 8 heteroatoms. The van der Waals surface area contributed by atoms with Crippen LogP contribution >= 0.6 is 0 Å². The summed E-state index contributed by atoms with van der Waals surface area (Å²) in [4.78, 5) is 52.7. The van der Waals surface area contributed by atoms with Gasteiger partial charge in [-0.3, -0.25) is 34.3 Å². The number of benzene rings is 1. The van der Waals surface area contributed by atoms with Crippen molar-refractivity contribution in [2.75, 3.05) is 19.6 Å². The Kier molecular flexibility index (Phi) is 3.50. The lowest BCUT2D eigenvalue weighted by atomic mass is 9.80. The second kappa shape index (κ2) is 5.71. The number of piperidine rings is 1. The fourth-order valence-corrected chi connectivity index (χ4v) is 4.63.